The molecule has 1 unspecified atom stereocenters. The van der Waals surface area contributed by atoms with Crippen molar-refractivity contribution in [1.29, 1.82) is 0 Å². The Balaban J connectivity index is 2.05. The molecule has 0 aliphatic carbocycles. The van der Waals surface area contributed by atoms with Gasteiger partial charge in [-0.1, -0.05) is 76.6 Å². The van der Waals surface area contributed by atoms with E-state index in [9.17, 15) is 18.0 Å². The van der Waals surface area contributed by atoms with E-state index in [2.05, 4.69) is 21.2 Å². The fourth-order valence-electron chi connectivity index (χ4n) is 3.94. The van der Waals surface area contributed by atoms with Crippen LogP contribution in [0.4, 0.5) is 5.69 Å². The molecule has 0 spiro atoms. The highest BCUT2D eigenvalue weighted by Crippen LogP contribution is 2.22. The molecule has 0 aromatic heterocycles. The van der Waals surface area contributed by atoms with E-state index in [0.717, 1.165) is 24.2 Å². The number of halogens is 1. The van der Waals surface area contributed by atoms with Gasteiger partial charge >= 0.3 is 10.2 Å². The maximum atomic E-state index is 14.0. The first-order chi connectivity index (χ1) is 18.1. The number of para-hydroxylation sites is 1. The number of benzene rings is 3. The van der Waals surface area contributed by atoms with E-state index in [1.54, 1.807) is 30.3 Å². The van der Waals surface area contributed by atoms with Gasteiger partial charge in [-0.2, -0.15) is 12.7 Å². The van der Waals surface area contributed by atoms with Crippen LogP contribution in [0.1, 0.15) is 18.1 Å². The van der Waals surface area contributed by atoms with Gasteiger partial charge in [0.2, 0.25) is 11.8 Å². The van der Waals surface area contributed by atoms with E-state index in [-0.39, 0.29) is 18.9 Å². The second kappa shape index (κ2) is 13.5. The molecule has 202 valence electrons. The van der Waals surface area contributed by atoms with Gasteiger partial charge in [0.25, 0.3) is 0 Å². The van der Waals surface area contributed by atoms with Gasteiger partial charge in [0.05, 0.1) is 5.69 Å². The van der Waals surface area contributed by atoms with E-state index in [0.29, 0.717) is 12.2 Å². The summed E-state index contributed by atoms with van der Waals surface area (Å²) in [6.45, 7) is 1.88. The Hall–Kier alpha value is -3.21. The molecule has 0 aliphatic rings. The van der Waals surface area contributed by atoms with Crippen LogP contribution in [-0.4, -0.2) is 62.7 Å². The van der Waals surface area contributed by atoms with Crippen molar-refractivity contribution in [2.45, 2.75) is 25.9 Å². The average Bonchev–Trinajstić information content (AvgIpc) is 2.91. The molecule has 3 aromatic rings. The van der Waals surface area contributed by atoms with Crippen molar-refractivity contribution in [3.63, 3.8) is 0 Å². The molecular formula is C28H33BrN4O4S. The minimum atomic E-state index is -4.00. The quantitative estimate of drug-likeness (QED) is 0.342. The number of hydrogen-bond acceptors (Lipinski definition) is 4. The highest BCUT2D eigenvalue weighted by Gasteiger charge is 2.34. The fraction of sp³-hybridized carbons (Fsp3) is 0.286. The first-order valence-electron chi connectivity index (χ1n) is 12.2. The van der Waals surface area contributed by atoms with Crippen LogP contribution in [0.5, 0.6) is 0 Å². The molecule has 0 aliphatic heterocycles. The van der Waals surface area contributed by atoms with Gasteiger partial charge < -0.3 is 10.2 Å². The van der Waals surface area contributed by atoms with E-state index in [1.807, 2.05) is 61.5 Å². The second-order valence-corrected chi connectivity index (χ2v) is 11.9. The van der Waals surface area contributed by atoms with Gasteiger partial charge in [-0.05, 0) is 42.3 Å². The molecule has 0 saturated carbocycles. The number of nitrogens with one attached hydrogen (secondary N) is 1. The number of carbonyl (C=O) groups is 2. The molecule has 0 heterocycles. The predicted octanol–water partition coefficient (Wildman–Crippen LogP) is 3.84. The SMILES string of the molecule is CCNC(=O)C(Cc1ccccc1)N(Cc1ccc(Br)cc1)C(=O)CN(c1ccccc1)S(=O)(=O)N(C)C. The van der Waals surface area contributed by atoms with Crippen molar-refractivity contribution in [2.24, 2.45) is 0 Å². The summed E-state index contributed by atoms with van der Waals surface area (Å²) in [6, 6.07) is 24.5. The largest absolute Gasteiger partial charge is 0.355 e. The summed E-state index contributed by atoms with van der Waals surface area (Å²) in [6.07, 6.45) is 0.278. The van der Waals surface area contributed by atoms with Gasteiger partial charge in [0.1, 0.15) is 12.6 Å². The van der Waals surface area contributed by atoms with Crippen molar-refractivity contribution >= 4 is 43.6 Å². The lowest BCUT2D eigenvalue weighted by molar-refractivity contribution is -0.140. The molecule has 0 fully saturated rings. The summed E-state index contributed by atoms with van der Waals surface area (Å²) >= 11 is 3.43. The Morgan fingerprint density at radius 1 is 0.868 bits per heavy atom. The van der Waals surface area contributed by atoms with Gasteiger partial charge in [-0.25, -0.2) is 4.31 Å². The molecule has 1 N–H and O–H groups in total. The van der Waals surface area contributed by atoms with Crippen LogP contribution in [0.15, 0.2) is 89.4 Å². The summed E-state index contributed by atoms with van der Waals surface area (Å²) in [5, 5.41) is 2.85. The molecule has 0 saturated heterocycles. The second-order valence-electron chi connectivity index (χ2n) is 8.88. The monoisotopic (exact) mass is 600 g/mol. The van der Waals surface area contributed by atoms with E-state index in [1.165, 1.54) is 19.0 Å². The first kappa shape index (κ1) is 29.3. The summed E-state index contributed by atoms with van der Waals surface area (Å²) in [4.78, 5) is 28.8. The number of likely N-dealkylation sites (N-methyl/N-ethyl adjacent to an activating group) is 1. The van der Waals surface area contributed by atoms with Crippen LogP contribution < -0.4 is 9.62 Å². The number of rotatable bonds is 12. The molecule has 3 aromatic carbocycles. The first-order valence-corrected chi connectivity index (χ1v) is 14.4. The van der Waals surface area contributed by atoms with Crippen molar-refractivity contribution in [2.75, 3.05) is 31.5 Å². The minimum absolute atomic E-state index is 0.130. The fourth-order valence-corrected chi connectivity index (χ4v) is 5.26. The summed E-state index contributed by atoms with van der Waals surface area (Å²) in [5.41, 5.74) is 2.06. The number of hydrogen-bond donors (Lipinski definition) is 1. The van der Waals surface area contributed by atoms with Gasteiger partial charge in [0, 0.05) is 38.1 Å². The van der Waals surface area contributed by atoms with Crippen LogP contribution in [-0.2, 0) is 32.8 Å². The standard InChI is InChI=1S/C28H33BrN4O4S/c1-4-30-28(35)26(19-22-11-7-5-8-12-22)32(20-23-15-17-24(29)18-16-23)27(34)21-33(38(36,37)31(2)3)25-13-9-6-10-14-25/h5-18,26H,4,19-21H2,1-3H3,(H,30,35). The molecule has 2 amide bonds. The third-order valence-corrected chi connectivity index (χ3v) is 8.30. The van der Waals surface area contributed by atoms with E-state index < -0.39 is 28.7 Å². The van der Waals surface area contributed by atoms with Crippen LogP contribution in [0.25, 0.3) is 0 Å². The predicted molar refractivity (Wildman–Crippen MR) is 154 cm³/mol. The van der Waals surface area contributed by atoms with Crippen LogP contribution in [0.3, 0.4) is 0 Å². The minimum Gasteiger partial charge on any atom is -0.355 e. The third-order valence-electron chi connectivity index (χ3n) is 5.95. The molecule has 38 heavy (non-hydrogen) atoms. The molecule has 0 radical (unpaired) electrons. The van der Waals surface area contributed by atoms with Crippen LogP contribution >= 0.6 is 15.9 Å². The third kappa shape index (κ3) is 7.66. The Labute approximate surface area is 233 Å². The van der Waals surface area contributed by atoms with Gasteiger partial charge in [0.15, 0.2) is 0 Å². The molecule has 0 bridgehead atoms. The zero-order chi connectivity index (χ0) is 27.7. The Bertz CT molecular complexity index is 1300. The Morgan fingerprint density at radius 2 is 1.45 bits per heavy atom. The lowest BCUT2D eigenvalue weighted by Gasteiger charge is -2.34. The molecule has 10 heteroatoms. The number of nitrogens with zero attached hydrogens (tertiary/aromatic N) is 3. The number of anilines is 1. The summed E-state index contributed by atoms with van der Waals surface area (Å²) in [7, 11) is -1.16. The van der Waals surface area contributed by atoms with Crippen LogP contribution in [0, 0.1) is 0 Å². The molecule has 3 rings (SSSR count). The van der Waals surface area contributed by atoms with Gasteiger partial charge in [-0.3, -0.25) is 9.59 Å². The maximum absolute atomic E-state index is 14.0. The topological polar surface area (TPSA) is 90.0 Å². The van der Waals surface area contributed by atoms with Crippen molar-refractivity contribution in [3.05, 3.63) is 101 Å². The lowest BCUT2D eigenvalue weighted by atomic mass is 10.0. The molecule has 8 nitrogen and oxygen atoms in total. The smallest absolute Gasteiger partial charge is 0.304 e. The highest BCUT2D eigenvalue weighted by molar-refractivity contribution is 9.10. The van der Waals surface area contributed by atoms with Crippen molar-refractivity contribution in [1.82, 2.24) is 14.5 Å². The Kier molecular flexibility index (Phi) is 10.5. The van der Waals surface area contributed by atoms with Crippen molar-refractivity contribution in [3.8, 4) is 0 Å². The lowest BCUT2D eigenvalue weighted by Crippen LogP contribution is -2.54. The zero-order valence-electron chi connectivity index (χ0n) is 21.7. The molecular weight excluding hydrogens is 568 g/mol. The zero-order valence-corrected chi connectivity index (χ0v) is 24.2. The summed E-state index contributed by atoms with van der Waals surface area (Å²) in [5.74, 6) is -0.794. The van der Waals surface area contributed by atoms with E-state index >= 15 is 0 Å². The molecule has 1 atom stereocenters. The van der Waals surface area contributed by atoms with Gasteiger partial charge in [-0.15, -0.1) is 0 Å². The maximum Gasteiger partial charge on any atom is 0.304 e. The number of carbonyl (C=O) groups excluding carboxylic acids is 2. The number of amides is 2. The average molecular weight is 602 g/mol. The Morgan fingerprint density at radius 3 is 2.00 bits per heavy atom. The van der Waals surface area contributed by atoms with Crippen LogP contribution in [0.2, 0.25) is 0 Å². The normalized spacial score (nSPS) is 12.1. The van der Waals surface area contributed by atoms with E-state index in [4.69, 9.17) is 0 Å². The highest BCUT2D eigenvalue weighted by atomic mass is 79.9. The summed E-state index contributed by atoms with van der Waals surface area (Å²) < 4.78 is 29.6. The van der Waals surface area contributed by atoms with Crippen molar-refractivity contribution < 1.29 is 18.0 Å².